The third-order valence-corrected chi connectivity index (χ3v) is 7.47. The van der Waals surface area contributed by atoms with Crippen molar-refractivity contribution in [1.82, 2.24) is 0 Å². The highest BCUT2D eigenvalue weighted by Gasteiger charge is 2.14. The Balaban J connectivity index is 1.77. The fraction of sp³-hybridized carbons (Fsp3) is 0.136. The topological polar surface area (TPSA) is 97.4 Å². The van der Waals surface area contributed by atoms with Crippen molar-refractivity contribution in [2.75, 3.05) is 17.8 Å². The van der Waals surface area contributed by atoms with Crippen LogP contribution in [0.25, 0.3) is 11.1 Å². The van der Waals surface area contributed by atoms with Crippen molar-refractivity contribution in [2.24, 2.45) is 0 Å². The first kappa shape index (κ1) is 24.3. The second-order valence-corrected chi connectivity index (χ2v) is 12.1. The number of rotatable bonds is 6. The summed E-state index contributed by atoms with van der Waals surface area (Å²) < 4.78 is 46.3. The van der Waals surface area contributed by atoms with Crippen molar-refractivity contribution in [1.29, 1.82) is 0 Å². The number of benzene rings is 3. The summed E-state index contributed by atoms with van der Waals surface area (Å²) in [5, 5.41) is 3.30. The maximum absolute atomic E-state index is 12.4. The molecule has 3 aromatic carbocycles. The van der Waals surface area contributed by atoms with Gasteiger partial charge in [0, 0.05) is 23.8 Å². The quantitative estimate of drug-likeness (QED) is 0.519. The molecule has 3 aromatic rings. The number of sulfone groups is 2. The average Bonchev–Trinajstić information content (AvgIpc) is 2.67. The van der Waals surface area contributed by atoms with Crippen LogP contribution in [-0.2, 0) is 30.9 Å². The predicted molar refractivity (Wildman–Crippen MR) is 127 cm³/mol. The van der Waals surface area contributed by atoms with E-state index in [9.17, 15) is 21.6 Å². The Morgan fingerprint density at radius 3 is 1.66 bits per heavy atom. The summed E-state index contributed by atoms with van der Waals surface area (Å²) in [5.41, 5.74) is 2.20. The van der Waals surface area contributed by atoms with E-state index in [1.807, 2.05) is 0 Å². The van der Waals surface area contributed by atoms with Crippen molar-refractivity contribution in [3.63, 3.8) is 0 Å². The lowest BCUT2D eigenvalue weighted by Crippen LogP contribution is -2.14. The molecule has 0 bridgehead atoms. The van der Waals surface area contributed by atoms with Gasteiger partial charge in [-0.05, 0) is 47.5 Å². The number of nitrogens with one attached hydrogen (secondary N) is 1. The first-order chi connectivity index (χ1) is 14.8. The van der Waals surface area contributed by atoms with E-state index in [0.717, 1.165) is 12.5 Å². The lowest BCUT2D eigenvalue weighted by Gasteiger charge is -2.12. The minimum atomic E-state index is -3.32. The maximum atomic E-state index is 12.4. The van der Waals surface area contributed by atoms with Crippen molar-refractivity contribution in [2.45, 2.75) is 16.2 Å². The highest BCUT2D eigenvalue weighted by atomic mass is 35.5. The minimum absolute atomic E-state index is 0.0357. The third kappa shape index (κ3) is 5.89. The second kappa shape index (κ2) is 9.23. The number of carbonyl (C=O) groups is 1. The molecule has 168 valence electrons. The van der Waals surface area contributed by atoms with Crippen molar-refractivity contribution in [3.8, 4) is 11.1 Å². The number of hydrogen-bond acceptors (Lipinski definition) is 5. The molecule has 0 atom stereocenters. The molecule has 0 aromatic heterocycles. The van der Waals surface area contributed by atoms with Crippen LogP contribution in [0.2, 0.25) is 10.0 Å². The number of hydrogen-bond donors (Lipinski definition) is 1. The van der Waals surface area contributed by atoms with Gasteiger partial charge in [-0.1, -0.05) is 47.5 Å². The Kier molecular flexibility index (Phi) is 7.00. The molecule has 0 unspecified atom stereocenters. The molecule has 6 nitrogen and oxygen atoms in total. The molecule has 0 heterocycles. The summed E-state index contributed by atoms with van der Waals surface area (Å²) >= 11 is 12.8. The first-order valence-electron chi connectivity index (χ1n) is 9.23. The summed E-state index contributed by atoms with van der Waals surface area (Å²) in [6.45, 7) is 0. The Hall–Kier alpha value is -2.39. The number of halogens is 2. The zero-order valence-corrected chi connectivity index (χ0v) is 20.2. The molecule has 1 amide bonds. The Morgan fingerprint density at radius 1 is 0.781 bits per heavy atom. The van der Waals surface area contributed by atoms with Crippen LogP contribution in [0.15, 0.2) is 70.5 Å². The molecule has 0 spiro atoms. The zero-order chi connectivity index (χ0) is 23.7. The van der Waals surface area contributed by atoms with Gasteiger partial charge in [-0.2, -0.15) is 0 Å². The van der Waals surface area contributed by atoms with Gasteiger partial charge in [0.05, 0.1) is 26.3 Å². The van der Waals surface area contributed by atoms with Gasteiger partial charge in [-0.3, -0.25) is 4.79 Å². The van der Waals surface area contributed by atoms with Crippen LogP contribution in [0.1, 0.15) is 5.56 Å². The largest absolute Gasteiger partial charge is 0.326 e. The van der Waals surface area contributed by atoms with Crippen molar-refractivity contribution >= 4 is 54.5 Å². The van der Waals surface area contributed by atoms with Gasteiger partial charge in [0.1, 0.15) is 0 Å². The van der Waals surface area contributed by atoms with Crippen LogP contribution in [0, 0.1) is 0 Å². The second-order valence-electron chi connectivity index (χ2n) is 7.25. The molecule has 0 aliphatic rings. The molecule has 32 heavy (non-hydrogen) atoms. The van der Waals surface area contributed by atoms with Crippen LogP contribution >= 0.6 is 23.2 Å². The Morgan fingerprint density at radius 2 is 1.22 bits per heavy atom. The van der Waals surface area contributed by atoms with E-state index < -0.39 is 19.7 Å². The summed E-state index contributed by atoms with van der Waals surface area (Å²) in [5.74, 6) is -0.325. The Bertz CT molecular complexity index is 1360. The molecule has 0 fully saturated rings. The molecular formula is C22H19Cl2NO5S2. The van der Waals surface area contributed by atoms with Gasteiger partial charge in [-0.15, -0.1) is 0 Å². The van der Waals surface area contributed by atoms with E-state index in [1.165, 1.54) is 24.3 Å². The molecule has 0 radical (unpaired) electrons. The normalized spacial score (nSPS) is 11.9. The molecule has 1 N–H and O–H groups in total. The predicted octanol–water partition coefficient (Wildman–Crippen LogP) is 4.65. The highest BCUT2D eigenvalue weighted by Crippen LogP contribution is 2.37. The molecule has 0 saturated carbocycles. The summed E-state index contributed by atoms with van der Waals surface area (Å²) in [6, 6.07) is 15.4. The van der Waals surface area contributed by atoms with E-state index in [0.29, 0.717) is 22.4 Å². The fourth-order valence-corrected chi connectivity index (χ4v) is 5.00. The summed E-state index contributed by atoms with van der Waals surface area (Å²) in [6.07, 6.45) is 2.28. The van der Waals surface area contributed by atoms with E-state index in [2.05, 4.69) is 5.32 Å². The van der Waals surface area contributed by atoms with Crippen molar-refractivity contribution in [3.05, 3.63) is 76.3 Å². The molecular weight excluding hydrogens is 493 g/mol. The molecule has 0 saturated heterocycles. The van der Waals surface area contributed by atoms with Crippen LogP contribution < -0.4 is 5.32 Å². The van der Waals surface area contributed by atoms with Gasteiger partial charge < -0.3 is 5.32 Å². The molecule has 0 aliphatic carbocycles. The SMILES string of the molecule is CS(=O)(=O)c1ccc(CC(=O)Nc2cc(Cl)c(-c3ccc(S(C)(=O)=O)cc3)c(Cl)c2)cc1. The summed E-state index contributed by atoms with van der Waals surface area (Å²) in [7, 11) is -6.62. The van der Waals surface area contributed by atoms with E-state index in [1.54, 1.807) is 36.4 Å². The van der Waals surface area contributed by atoms with E-state index in [-0.39, 0.29) is 32.2 Å². The molecule has 10 heteroatoms. The average molecular weight is 512 g/mol. The van der Waals surface area contributed by atoms with Gasteiger partial charge in [0.15, 0.2) is 19.7 Å². The summed E-state index contributed by atoms with van der Waals surface area (Å²) in [4.78, 5) is 12.8. The third-order valence-electron chi connectivity index (χ3n) is 4.61. The number of carbonyl (C=O) groups excluding carboxylic acids is 1. The smallest absolute Gasteiger partial charge is 0.228 e. The molecule has 0 aliphatic heterocycles. The van der Waals surface area contributed by atoms with Gasteiger partial charge in [0.2, 0.25) is 5.91 Å². The minimum Gasteiger partial charge on any atom is -0.326 e. The van der Waals surface area contributed by atoms with Gasteiger partial charge in [0.25, 0.3) is 0 Å². The van der Waals surface area contributed by atoms with E-state index >= 15 is 0 Å². The first-order valence-corrected chi connectivity index (χ1v) is 13.8. The lowest BCUT2D eigenvalue weighted by atomic mass is 10.0. The van der Waals surface area contributed by atoms with Gasteiger partial charge in [-0.25, -0.2) is 16.8 Å². The highest BCUT2D eigenvalue weighted by molar-refractivity contribution is 7.91. The van der Waals surface area contributed by atoms with Crippen LogP contribution in [0.5, 0.6) is 0 Å². The zero-order valence-electron chi connectivity index (χ0n) is 17.1. The maximum Gasteiger partial charge on any atom is 0.228 e. The standard InChI is InChI=1S/C22H19Cl2NO5S2/c1-31(27,28)17-7-3-14(4-8-17)11-21(26)25-16-12-19(23)22(20(24)13-16)15-5-9-18(10-6-15)32(2,29)30/h3-10,12-13H,11H2,1-2H3,(H,25,26). The van der Waals surface area contributed by atoms with Crippen LogP contribution in [0.3, 0.4) is 0 Å². The number of amides is 1. The van der Waals surface area contributed by atoms with Crippen molar-refractivity contribution < 1.29 is 21.6 Å². The molecule has 3 rings (SSSR count). The Labute approximate surface area is 197 Å². The van der Waals surface area contributed by atoms with Crippen LogP contribution in [-0.4, -0.2) is 35.3 Å². The number of anilines is 1. The van der Waals surface area contributed by atoms with Gasteiger partial charge >= 0.3 is 0 Å². The fourth-order valence-electron chi connectivity index (χ4n) is 3.03. The van der Waals surface area contributed by atoms with E-state index in [4.69, 9.17) is 23.2 Å². The van der Waals surface area contributed by atoms with Crippen LogP contribution in [0.4, 0.5) is 5.69 Å². The lowest BCUT2D eigenvalue weighted by molar-refractivity contribution is -0.115. The monoisotopic (exact) mass is 511 g/mol.